The van der Waals surface area contributed by atoms with Crippen molar-refractivity contribution in [1.29, 1.82) is 0 Å². The van der Waals surface area contributed by atoms with Gasteiger partial charge in [-0.2, -0.15) is 0 Å². The fraction of sp³-hybridized carbons (Fsp3) is 0.167. The molecule has 0 spiro atoms. The SMILES string of the molecule is Cc1ccc(C#Cc2ccc3c(c2)CCNC3=O)cc1. The molecule has 0 bridgehead atoms. The first kappa shape index (κ1) is 12.5. The van der Waals surface area contributed by atoms with Crippen LogP contribution in [0.25, 0.3) is 0 Å². The van der Waals surface area contributed by atoms with Gasteiger partial charge < -0.3 is 5.32 Å². The predicted octanol–water partition coefficient (Wildman–Crippen LogP) is 2.68. The first-order valence-electron chi connectivity index (χ1n) is 6.72. The summed E-state index contributed by atoms with van der Waals surface area (Å²) in [4.78, 5) is 11.7. The highest BCUT2D eigenvalue weighted by atomic mass is 16.1. The molecule has 0 unspecified atom stereocenters. The van der Waals surface area contributed by atoms with Crippen molar-refractivity contribution in [3.05, 3.63) is 70.3 Å². The number of fused-ring (bicyclic) bond motifs is 1. The molecule has 0 radical (unpaired) electrons. The highest BCUT2D eigenvalue weighted by Crippen LogP contribution is 2.15. The first-order chi connectivity index (χ1) is 9.72. The van der Waals surface area contributed by atoms with E-state index in [-0.39, 0.29) is 5.91 Å². The van der Waals surface area contributed by atoms with Crippen LogP contribution in [-0.2, 0) is 6.42 Å². The molecule has 0 saturated heterocycles. The Balaban J connectivity index is 1.89. The Hall–Kier alpha value is -2.53. The Morgan fingerprint density at radius 1 is 1.00 bits per heavy atom. The summed E-state index contributed by atoms with van der Waals surface area (Å²) in [7, 11) is 0. The molecule has 2 aromatic carbocycles. The highest BCUT2D eigenvalue weighted by Gasteiger charge is 2.15. The minimum absolute atomic E-state index is 0.0179. The number of hydrogen-bond acceptors (Lipinski definition) is 1. The third kappa shape index (κ3) is 2.57. The van der Waals surface area contributed by atoms with Crippen LogP contribution in [0.4, 0.5) is 0 Å². The number of nitrogens with one attached hydrogen (secondary N) is 1. The number of rotatable bonds is 0. The number of carbonyl (C=O) groups is 1. The second-order valence-electron chi connectivity index (χ2n) is 4.99. The van der Waals surface area contributed by atoms with Crippen LogP contribution in [0, 0.1) is 18.8 Å². The van der Waals surface area contributed by atoms with Crippen LogP contribution in [0.3, 0.4) is 0 Å². The molecule has 3 rings (SSSR count). The van der Waals surface area contributed by atoms with Crippen molar-refractivity contribution < 1.29 is 4.79 Å². The highest BCUT2D eigenvalue weighted by molar-refractivity contribution is 5.96. The van der Waals surface area contributed by atoms with Crippen LogP contribution in [0.2, 0.25) is 0 Å². The van der Waals surface area contributed by atoms with Gasteiger partial charge in [-0.25, -0.2) is 0 Å². The van der Waals surface area contributed by atoms with E-state index in [0.29, 0.717) is 6.54 Å². The molecule has 1 aliphatic heterocycles. The summed E-state index contributed by atoms with van der Waals surface area (Å²) in [5.74, 6) is 6.34. The molecular formula is C18H15NO. The molecule has 1 aliphatic rings. The lowest BCUT2D eigenvalue weighted by atomic mass is 9.98. The summed E-state index contributed by atoms with van der Waals surface area (Å²) in [5.41, 5.74) is 5.06. The number of benzene rings is 2. The van der Waals surface area contributed by atoms with Gasteiger partial charge in [-0.3, -0.25) is 4.79 Å². The van der Waals surface area contributed by atoms with E-state index < -0.39 is 0 Å². The number of amides is 1. The van der Waals surface area contributed by atoms with Crippen LogP contribution in [0.15, 0.2) is 42.5 Å². The third-order valence-corrected chi connectivity index (χ3v) is 3.43. The van der Waals surface area contributed by atoms with Gasteiger partial charge in [0.05, 0.1) is 0 Å². The van der Waals surface area contributed by atoms with Crippen molar-refractivity contribution >= 4 is 5.91 Å². The van der Waals surface area contributed by atoms with Crippen LogP contribution >= 0.6 is 0 Å². The molecule has 2 heteroatoms. The lowest BCUT2D eigenvalue weighted by Crippen LogP contribution is -2.31. The summed E-state index contributed by atoms with van der Waals surface area (Å²) >= 11 is 0. The van der Waals surface area contributed by atoms with Gasteiger partial charge in [0.25, 0.3) is 5.91 Å². The Kier molecular flexibility index (Phi) is 3.26. The molecular weight excluding hydrogens is 246 g/mol. The van der Waals surface area contributed by atoms with Crippen LogP contribution in [-0.4, -0.2) is 12.5 Å². The number of hydrogen-bond donors (Lipinski definition) is 1. The van der Waals surface area contributed by atoms with E-state index in [1.807, 2.05) is 30.3 Å². The minimum Gasteiger partial charge on any atom is -0.352 e. The molecule has 98 valence electrons. The molecule has 0 atom stereocenters. The lowest BCUT2D eigenvalue weighted by molar-refractivity contribution is 0.0946. The standard InChI is InChI=1S/C18H15NO/c1-13-2-4-14(5-3-13)6-7-15-8-9-17-16(12-15)10-11-19-18(17)20/h2-5,8-9,12H,10-11H2,1H3,(H,19,20). The summed E-state index contributed by atoms with van der Waals surface area (Å²) in [5, 5.41) is 2.85. The van der Waals surface area contributed by atoms with Gasteiger partial charge in [-0.15, -0.1) is 0 Å². The summed E-state index contributed by atoms with van der Waals surface area (Å²) in [6, 6.07) is 14.0. The second-order valence-corrected chi connectivity index (χ2v) is 4.99. The van der Waals surface area contributed by atoms with E-state index in [1.54, 1.807) is 0 Å². The van der Waals surface area contributed by atoms with Crippen LogP contribution in [0.5, 0.6) is 0 Å². The third-order valence-electron chi connectivity index (χ3n) is 3.43. The quantitative estimate of drug-likeness (QED) is 0.726. The molecule has 0 aromatic heterocycles. The summed E-state index contributed by atoms with van der Waals surface area (Å²) in [6.07, 6.45) is 0.876. The van der Waals surface area contributed by atoms with E-state index in [4.69, 9.17) is 0 Å². The molecule has 2 nitrogen and oxygen atoms in total. The van der Waals surface area contributed by atoms with Crippen molar-refractivity contribution in [3.63, 3.8) is 0 Å². The van der Waals surface area contributed by atoms with Crippen LogP contribution in [0.1, 0.15) is 32.6 Å². The molecule has 1 amide bonds. The lowest BCUT2D eigenvalue weighted by Gasteiger charge is -2.16. The zero-order valence-electron chi connectivity index (χ0n) is 11.4. The van der Waals surface area contributed by atoms with Crippen molar-refractivity contribution in [2.45, 2.75) is 13.3 Å². The van der Waals surface area contributed by atoms with Crippen molar-refractivity contribution in [1.82, 2.24) is 5.32 Å². The summed E-state index contributed by atoms with van der Waals surface area (Å²) in [6.45, 7) is 2.77. The maximum atomic E-state index is 11.7. The fourth-order valence-corrected chi connectivity index (χ4v) is 2.29. The van der Waals surface area contributed by atoms with Gasteiger partial charge in [0.1, 0.15) is 0 Å². The average Bonchev–Trinajstić information content (AvgIpc) is 2.47. The summed E-state index contributed by atoms with van der Waals surface area (Å²) < 4.78 is 0. The number of aryl methyl sites for hydroxylation is 1. The maximum absolute atomic E-state index is 11.7. The van der Waals surface area contributed by atoms with Gasteiger partial charge in [0, 0.05) is 23.2 Å². The zero-order chi connectivity index (χ0) is 13.9. The smallest absolute Gasteiger partial charge is 0.251 e. The molecule has 0 fully saturated rings. The van der Waals surface area contributed by atoms with Crippen molar-refractivity contribution in [2.24, 2.45) is 0 Å². The predicted molar refractivity (Wildman–Crippen MR) is 79.6 cm³/mol. The largest absolute Gasteiger partial charge is 0.352 e. The van der Waals surface area contributed by atoms with E-state index in [9.17, 15) is 4.79 Å². The molecule has 0 saturated carbocycles. The number of carbonyl (C=O) groups excluding carboxylic acids is 1. The average molecular weight is 261 g/mol. The fourth-order valence-electron chi connectivity index (χ4n) is 2.29. The monoisotopic (exact) mass is 261 g/mol. The Morgan fingerprint density at radius 3 is 2.50 bits per heavy atom. The van der Waals surface area contributed by atoms with E-state index in [2.05, 4.69) is 36.2 Å². The maximum Gasteiger partial charge on any atom is 0.251 e. The minimum atomic E-state index is 0.0179. The van der Waals surface area contributed by atoms with Gasteiger partial charge in [-0.05, 0) is 49.2 Å². The van der Waals surface area contributed by atoms with Crippen LogP contribution < -0.4 is 5.32 Å². The van der Waals surface area contributed by atoms with E-state index >= 15 is 0 Å². The Morgan fingerprint density at radius 2 is 1.70 bits per heavy atom. The van der Waals surface area contributed by atoms with Gasteiger partial charge in [0.2, 0.25) is 0 Å². The normalized spacial score (nSPS) is 12.9. The molecule has 0 aliphatic carbocycles. The van der Waals surface area contributed by atoms with E-state index in [0.717, 1.165) is 28.7 Å². The van der Waals surface area contributed by atoms with Gasteiger partial charge >= 0.3 is 0 Å². The Bertz CT molecular complexity index is 717. The van der Waals surface area contributed by atoms with E-state index in [1.165, 1.54) is 5.56 Å². The van der Waals surface area contributed by atoms with Gasteiger partial charge in [-0.1, -0.05) is 29.5 Å². The van der Waals surface area contributed by atoms with Gasteiger partial charge in [0.15, 0.2) is 0 Å². The Labute approximate surface area is 118 Å². The van der Waals surface area contributed by atoms with Crippen molar-refractivity contribution in [2.75, 3.05) is 6.54 Å². The molecule has 1 heterocycles. The first-order valence-corrected chi connectivity index (χ1v) is 6.72. The molecule has 1 N–H and O–H groups in total. The second kappa shape index (κ2) is 5.22. The topological polar surface area (TPSA) is 29.1 Å². The zero-order valence-corrected chi connectivity index (χ0v) is 11.4. The van der Waals surface area contributed by atoms with Crippen molar-refractivity contribution in [3.8, 4) is 11.8 Å². The molecule has 20 heavy (non-hydrogen) atoms. The molecule has 2 aromatic rings.